The second-order valence-electron chi connectivity index (χ2n) is 5.43. The van der Waals surface area contributed by atoms with E-state index in [1.807, 2.05) is 0 Å². The van der Waals surface area contributed by atoms with E-state index < -0.39 is 0 Å². The van der Waals surface area contributed by atoms with Crippen LogP contribution in [0.3, 0.4) is 0 Å². The Labute approximate surface area is 85.0 Å². The standard InChI is InChI=1S/C12H18O2/c1-12-7-6-9(11(13)14-12)8-4-2-3-5-10(8)12/h8-10H,2-7H2,1H3/t8-,9-,10-,12+/m1/s1. The van der Waals surface area contributed by atoms with Gasteiger partial charge >= 0.3 is 5.97 Å². The van der Waals surface area contributed by atoms with Crippen LogP contribution in [0.25, 0.3) is 0 Å². The fraction of sp³-hybridized carbons (Fsp3) is 0.917. The fourth-order valence-corrected chi connectivity index (χ4v) is 3.97. The molecule has 78 valence electrons. The number of esters is 1. The smallest absolute Gasteiger partial charge is 0.309 e. The number of fused-ring (bicyclic) bond motifs is 2. The maximum absolute atomic E-state index is 11.7. The maximum atomic E-state index is 11.7. The minimum atomic E-state index is -0.100. The summed E-state index contributed by atoms with van der Waals surface area (Å²) in [7, 11) is 0. The molecular weight excluding hydrogens is 176 g/mol. The first-order chi connectivity index (χ1) is 6.71. The molecule has 0 aromatic carbocycles. The van der Waals surface area contributed by atoms with E-state index >= 15 is 0 Å². The molecule has 0 aromatic rings. The summed E-state index contributed by atoms with van der Waals surface area (Å²) >= 11 is 0. The van der Waals surface area contributed by atoms with Crippen LogP contribution < -0.4 is 0 Å². The van der Waals surface area contributed by atoms with Crippen molar-refractivity contribution in [3.8, 4) is 0 Å². The largest absolute Gasteiger partial charge is 0.459 e. The molecule has 2 heterocycles. The molecule has 14 heavy (non-hydrogen) atoms. The molecule has 4 atom stereocenters. The molecule has 0 radical (unpaired) electrons. The van der Waals surface area contributed by atoms with Gasteiger partial charge in [-0.2, -0.15) is 0 Å². The van der Waals surface area contributed by atoms with Crippen molar-refractivity contribution in [3.05, 3.63) is 0 Å². The van der Waals surface area contributed by atoms with Gasteiger partial charge in [-0.05, 0) is 38.5 Å². The lowest BCUT2D eigenvalue weighted by molar-refractivity contribution is -0.214. The van der Waals surface area contributed by atoms with E-state index in [0.29, 0.717) is 11.8 Å². The zero-order chi connectivity index (χ0) is 9.76. The quantitative estimate of drug-likeness (QED) is 0.554. The highest BCUT2D eigenvalue weighted by Crippen LogP contribution is 2.54. The van der Waals surface area contributed by atoms with Crippen molar-refractivity contribution in [1.29, 1.82) is 0 Å². The van der Waals surface area contributed by atoms with Crippen molar-refractivity contribution < 1.29 is 9.53 Å². The minimum Gasteiger partial charge on any atom is -0.459 e. The molecule has 0 aromatic heterocycles. The van der Waals surface area contributed by atoms with Crippen LogP contribution in [0.15, 0.2) is 0 Å². The lowest BCUT2D eigenvalue weighted by Crippen LogP contribution is -2.58. The van der Waals surface area contributed by atoms with Crippen LogP contribution in [0, 0.1) is 17.8 Å². The topological polar surface area (TPSA) is 26.3 Å². The summed E-state index contributed by atoms with van der Waals surface area (Å²) < 4.78 is 5.60. The van der Waals surface area contributed by atoms with Gasteiger partial charge < -0.3 is 4.74 Å². The van der Waals surface area contributed by atoms with Crippen LogP contribution in [-0.4, -0.2) is 11.6 Å². The third-order valence-electron chi connectivity index (χ3n) is 4.71. The summed E-state index contributed by atoms with van der Waals surface area (Å²) in [6, 6.07) is 0. The van der Waals surface area contributed by atoms with E-state index in [-0.39, 0.29) is 17.5 Å². The van der Waals surface area contributed by atoms with Crippen molar-refractivity contribution in [1.82, 2.24) is 0 Å². The Hall–Kier alpha value is -0.530. The number of carbonyl (C=O) groups excluding carboxylic acids is 1. The molecular formula is C12H18O2. The van der Waals surface area contributed by atoms with Gasteiger partial charge in [-0.1, -0.05) is 12.8 Å². The highest BCUT2D eigenvalue weighted by Gasteiger charge is 2.56. The summed E-state index contributed by atoms with van der Waals surface area (Å²) in [5, 5.41) is 0. The second kappa shape index (κ2) is 2.74. The molecule has 0 amide bonds. The fourth-order valence-electron chi connectivity index (χ4n) is 3.97. The molecule has 2 bridgehead atoms. The third kappa shape index (κ3) is 0.999. The lowest BCUT2D eigenvalue weighted by Gasteiger charge is -2.55. The van der Waals surface area contributed by atoms with E-state index in [2.05, 4.69) is 6.92 Å². The molecule has 2 aliphatic heterocycles. The van der Waals surface area contributed by atoms with E-state index in [4.69, 9.17) is 4.74 Å². The summed E-state index contributed by atoms with van der Waals surface area (Å²) in [6.45, 7) is 2.16. The van der Waals surface area contributed by atoms with Crippen LogP contribution in [-0.2, 0) is 9.53 Å². The monoisotopic (exact) mass is 194 g/mol. The maximum Gasteiger partial charge on any atom is 0.309 e. The minimum absolute atomic E-state index is 0.0990. The SMILES string of the molecule is C[C@@]12CC[C@@H](C(=O)O1)[C@H]1CCCC[C@H]12. The normalized spacial score (nSPS) is 51.2. The van der Waals surface area contributed by atoms with Crippen LogP contribution in [0.2, 0.25) is 0 Å². The Morgan fingerprint density at radius 1 is 1.29 bits per heavy atom. The molecule has 2 saturated carbocycles. The van der Waals surface area contributed by atoms with E-state index in [0.717, 1.165) is 12.8 Å². The molecule has 4 rings (SSSR count). The Balaban J connectivity index is 1.96. The van der Waals surface area contributed by atoms with Gasteiger partial charge in [0.05, 0.1) is 5.92 Å². The predicted molar refractivity (Wildman–Crippen MR) is 52.7 cm³/mol. The molecule has 2 aliphatic carbocycles. The number of rotatable bonds is 0. The molecule has 2 nitrogen and oxygen atoms in total. The molecule has 0 N–H and O–H groups in total. The number of carbonyl (C=O) groups is 1. The first-order valence-corrected chi connectivity index (χ1v) is 5.93. The zero-order valence-electron chi connectivity index (χ0n) is 8.79. The van der Waals surface area contributed by atoms with Gasteiger partial charge in [-0.3, -0.25) is 4.79 Å². The lowest BCUT2D eigenvalue weighted by atomic mass is 9.57. The van der Waals surface area contributed by atoms with Crippen LogP contribution in [0.5, 0.6) is 0 Å². The number of ether oxygens (including phenoxy) is 1. The molecule has 4 aliphatic rings. The molecule has 0 spiro atoms. The first-order valence-electron chi connectivity index (χ1n) is 5.93. The number of hydrogen-bond acceptors (Lipinski definition) is 2. The molecule has 2 heteroatoms. The van der Waals surface area contributed by atoms with Gasteiger partial charge in [-0.25, -0.2) is 0 Å². The van der Waals surface area contributed by atoms with Crippen molar-refractivity contribution in [2.45, 2.75) is 51.0 Å². The number of hydrogen-bond donors (Lipinski definition) is 0. The first kappa shape index (κ1) is 8.75. The van der Waals surface area contributed by atoms with E-state index in [1.54, 1.807) is 0 Å². The van der Waals surface area contributed by atoms with Crippen LogP contribution >= 0.6 is 0 Å². The Morgan fingerprint density at radius 2 is 2.07 bits per heavy atom. The van der Waals surface area contributed by atoms with Gasteiger partial charge in [0.15, 0.2) is 0 Å². The van der Waals surface area contributed by atoms with E-state index in [1.165, 1.54) is 25.7 Å². The van der Waals surface area contributed by atoms with Gasteiger partial charge in [0, 0.05) is 5.92 Å². The van der Waals surface area contributed by atoms with Crippen molar-refractivity contribution >= 4 is 5.97 Å². The van der Waals surface area contributed by atoms with E-state index in [9.17, 15) is 4.79 Å². The van der Waals surface area contributed by atoms with Gasteiger partial charge in [-0.15, -0.1) is 0 Å². The molecule has 0 unspecified atom stereocenters. The Morgan fingerprint density at radius 3 is 2.86 bits per heavy atom. The second-order valence-corrected chi connectivity index (χ2v) is 5.43. The van der Waals surface area contributed by atoms with Crippen molar-refractivity contribution in [2.24, 2.45) is 17.8 Å². The van der Waals surface area contributed by atoms with Gasteiger partial charge in [0.2, 0.25) is 0 Å². The Kier molecular flexibility index (Phi) is 1.71. The van der Waals surface area contributed by atoms with Crippen molar-refractivity contribution in [3.63, 3.8) is 0 Å². The van der Waals surface area contributed by atoms with Gasteiger partial charge in [0.1, 0.15) is 5.60 Å². The highest BCUT2D eigenvalue weighted by atomic mass is 16.6. The van der Waals surface area contributed by atoms with Crippen LogP contribution in [0.1, 0.15) is 45.4 Å². The molecule has 2 saturated heterocycles. The van der Waals surface area contributed by atoms with Crippen molar-refractivity contribution in [2.75, 3.05) is 0 Å². The summed E-state index contributed by atoms with van der Waals surface area (Å²) in [6.07, 6.45) is 7.38. The average molecular weight is 194 g/mol. The van der Waals surface area contributed by atoms with Crippen LogP contribution in [0.4, 0.5) is 0 Å². The third-order valence-corrected chi connectivity index (χ3v) is 4.71. The summed E-state index contributed by atoms with van der Waals surface area (Å²) in [5.41, 5.74) is -0.100. The predicted octanol–water partition coefficient (Wildman–Crippen LogP) is 2.52. The van der Waals surface area contributed by atoms with Gasteiger partial charge in [0.25, 0.3) is 0 Å². The highest BCUT2D eigenvalue weighted by molar-refractivity contribution is 5.75. The summed E-state index contributed by atoms with van der Waals surface area (Å²) in [5.74, 6) is 1.68. The Bertz CT molecular complexity index is 273. The summed E-state index contributed by atoms with van der Waals surface area (Å²) in [4.78, 5) is 11.7. The molecule has 4 fully saturated rings. The zero-order valence-corrected chi connectivity index (χ0v) is 8.79. The average Bonchev–Trinajstić information content (AvgIpc) is 2.18.